The number of anilines is 1. The third-order valence-corrected chi connectivity index (χ3v) is 3.22. The highest BCUT2D eigenvalue weighted by Crippen LogP contribution is 2.23. The van der Waals surface area contributed by atoms with Crippen molar-refractivity contribution >= 4 is 11.4 Å². The predicted molar refractivity (Wildman–Crippen MR) is 84.5 cm³/mol. The van der Waals surface area contributed by atoms with Gasteiger partial charge in [-0.25, -0.2) is 0 Å². The second-order valence-corrected chi connectivity index (χ2v) is 5.03. The van der Waals surface area contributed by atoms with Gasteiger partial charge in [0.2, 0.25) is 0 Å². The highest BCUT2D eigenvalue weighted by molar-refractivity contribution is 5.56. The molecule has 2 N–H and O–H groups in total. The van der Waals surface area contributed by atoms with Crippen LogP contribution in [0, 0.1) is 10.1 Å². The Morgan fingerprint density at radius 2 is 2.05 bits per heavy atom. The summed E-state index contributed by atoms with van der Waals surface area (Å²) in [7, 11) is 0. The van der Waals surface area contributed by atoms with Gasteiger partial charge in [0.05, 0.1) is 11.5 Å². The fraction of sp³-hybridized carbons (Fsp3) is 0.600. The second kappa shape index (κ2) is 9.31. The maximum atomic E-state index is 10.9. The minimum Gasteiger partial charge on any atom is -0.395 e. The number of non-ortho nitro benzene ring substituents is 1. The molecule has 0 spiro atoms. The number of hydrogen-bond donors (Lipinski definition) is 2. The number of aliphatic hydroxyl groups excluding tert-OH is 1. The van der Waals surface area contributed by atoms with E-state index in [1.807, 2.05) is 0 Å². The fourth-order valence-electron chi connectivity index (χ4n) is 2.23. The summed E-state index contributed by atoms with van der Waals surface area (Å²) in [6.07, 6.45) is 1.97. The number of hydrogen-bond acceptors (Lipinski definition) is 5. The Hall–Kier alpha value is -1.66. The third-order valence-electron chi connectivity index (χ3n) is 3.22. The van der Waals surface area contributed by atoms with Gasteiger partial charge in [0.25, 0.3) is 5.69 Å². The molecule has 0 heterocycles. The zero-order chi connectivity index (χ0) is 15.7. The van der Waals surface area contributed by atoms with Gasteiger partial charge in [-0.1, -0.05) is 13.8 Å². The van der Waals surface area contributed by atoms with E-state index in [-0.39, 0.29) is 17.2 Å². The first-order valence-corrected chi connectivity index (χ1v) is 7.46. The largest absolute Gasteiger partial charge is 0.395 e. The van der Waals surface area contributed by atoms with Crippen LogP contribution in [0.5, 0.6) is 0 Å². The van der Waals surface area contributed by atoms with E-state index in [2.05, 4.69) is 24.1 Å². The Morgan fingerprint density at radius 1 is 1.29 bits per heavy atom. The maximum Gasteiger partial charge on any atom is 0.269 e. The molecule has 0 bridgehead atoms. The molecule has 0 unspecified atom stereocenters. The lowest BCUT2D eigenvalue weighted by Gasteiger charge is -2.22. The predicted octanol–water partition coefficient (Wildman–Crippen LogP) is 2.62. The lowest BCUT2D eigenvalue weighted by molar-refractivity contribution is -0.384. The van der Waals surface area contributed by atoms with Crippen LogP contribution in [0.25, 0.3) is 0 Å². The maximum absolute atomic E-state index is 10.9. The number of nitro benzene ring substituents is 1. The van der Waals surface area contributed by atoms with Crippen LogP contribution in [-0.2, 0) is 6.54 Å². The van der Waals surface area contributed by atoms with Crippen molar-refractivity contribution in [3.63, 3.8) is 0 Å². The second-order valence-electron chi connectivity index (χ2n) is 5.03. The SMILES string of the molecule is CCCNc1ccc([N+](=O)[O-])cc1CN(CCC)CCO. The van der Waals surface area contributed by atoms with Gasteiger partial charge in [0, 0.05) is 37.5 Å². The summed E-state index contributed by atoms with van der Waals surface area (Å²) in [5.41, 5.74) is 1.94. The molecule has 1 aromatic carbocycles. The lowest BCUT2D eigenvalue weighted by Crippen LogP contribution is -2.27. The van der Waals surface area contributed by atoms with E-state index in [0.29, 0.717) is 13.1 Å². The van der Waals surface area contributed by atoms with Crippen LogP contribution < -0.4 is 5.32 Å². The van der Waals surface area contributed by atoms with Crippen LogP contribution in [0.3, 0.4) is 0 Å². The molecule has 0 radical (unpaired) electrons. The van der Waals surface area contributed by atoms with Gasteiger partial charge in [-0.05, 0) is 31.0 Å². The minimum absolute atomic E-state index is 0.0899. The summed E-state index contributed by atoms with van der Waals surface area (Å²) in [5.74, 6) is 0. The molecule has 6 nitrogen and oxygen atoms in total. The van der Waals surface area contributed by atoms with Gasteiger partial charge in [0.15, 0.2) is 0 Å². The molecular weight excluding hydrogens is 270 g/mol. The quantitative estimate of drug-likeness (QED) is 0.512. The van der Waals surface area contributed by atoms with E-state index in [4.69, 9.17) is 5.11 Å². The lowest BCUT2D eigenvalue weighted by atomic mass is 10.1. The van der Waals surface area contributed by atoms with Crippen LogP contribution in [0.2, 0.25) is 0 Å². The Kier molecular flexibility index (Phi) is 7.71. The van der Waals surface area contributed by atoms with Crippen molar-refractivity contribution < 1.29 is 10.0 Å². The number of aliphatic hydroxyl groups is 1. The molecule has 0 aliphatic carbocycles. The van der Waals surface area contributed by atoms with Gasteiger partial charge in [-0.3, -0.25) is 15.0 Å². The van der Waals surface area contributed by atoms with Gasteiger partial charge < -0.3 is 10.4 Å². The monoisotopic (exact) mass is 295 g/mol. The number of nitro groups is 1. The van der Waals surface area contributed by atoms with Gasteiger partial charge in [-0.2, -0.15) is 0 Å². The molecule has 118 valence electrons. The molecule has 0 fully saturated rings. The summed E-state index contributed by atoms with van der Waals surface area (Å²) in [6.45, 7) is 7.11. The van der Waals surface area contributed by atoms with Crippen LogP contribution >= 0.6 is 0 Å². The standard InChI is InChI=1S/C15H25N3O3/c1-3-7-16-15-6-5-14(18(20)21)11-13(15)12-17(8-4-2)9-10-19/h5-6,11,16,19H,3-4,7-10,12H2,1-2H3. The number of nitrogens with one attached hydrogen (secondary N) is 1. The molecule has 0 saturated heterocycles. The first-order valence-electron chi connectivity index (χ1n) is 7.46. The third kappa shape index (κ3) is 5.69. The smallest absolute Gasteiger partial charge is 0.269 e. The average Bonchev–Trinajstić information content (AvgIpc) is 2.46. The Bertz CT molecular complexity index is 446. The number of benzene rings is 1. The van der Waals surface area contributed by atoms with E-state index in [0.717, 1.165) is 37.2 Å². The molecule has 0 aliphatic heterocycles. The number of rotatable bonds is 10. The van der Waals surface area contributed by atoms with Crippen molar-refractivity contribution in [2.24, 2.45) is 0 Å². The molecule has 0 amide bonds. The molecule has 1 rings (SSSR count). The van der Waals surface area contributed by atoms with E-state index < -0.39 is 0 Å². The summed E-state index contributed by atoms with van der Waals surface area (Å²) in [4.78, 5) is 12.7. The highest BCUT2D eigenvalue weighted by Gasteiger charge is 2.13. The van der Waals surface area contributed by atoms with Crippen LogP contribution in [-0.4, -0.2) is 41.2 Å². The molecule has 0 aromatic heterocycles. The molecule has 0 aliphatic rings. The first kappa shape index (κ1) is 17.4. The molecule has 21 heavy (non-hydrogen) atoms. The summed E-state index contributed by atoms with van der Waals surface area (Å²) in [5, 5.41) is 23.4. The zero-order valence-corrected chi connectivity index (χ0v) is 12.8. The van der Waals surface area contributed by atoms with Crippen molar-refractivity contribution in [2.45, 2.75) is 33.2 Å². The number of nitrogens with zero attached hydrogens (tertiary/aromatic N) is 2. The van der Waals surface area contributed by atoms with E-state index in [1.54, 1.807) is 12.1 Å². The summed E-state index contributed by atoms with van der Waals surface area (Å²) >= 11 is 0. The first-order chi connectivity index (χ1) is 10.1. The van der Waals surface area contributed by atoms with Gasteiger partial charge >= 0.3 is 0 Å². The fourth-order valence-corrected chi connectivity index (χ4v) is 2.23. The van der Waals surface area contributed by atoms with Crippen LogP contribution in [0.1, 0.15) is 32.3 Å². The zero-order valence-electron chi connectivity index (χ0n) is 12.8. The molecule has 1 aromatic rings. The van der Waals surface area contributed by atoms with Crippen molar-refractivity contribution in [2.75, 3.05) is 31.6 Å². The van der Waals surface area contributed by atoms with Crippen LogP contribution in [0.4, 0.5) is 11.4 Å². The van der Waals surface area contributed by atoms with Crippen LogP contribution in [0.15, 0.2) is 18.2 Å². The van der Waals surface area contributed by atoms with Crippen molar-refractivity contribution in [1.82, 2.24) is 4.90 Å². The molecular formula is C15H25N3O3. The topological polar surface area (TPSA) is 78.6 Å². The average molecular weight is 295 g/mol. The summed E-state index contributed by atoms with van der Waals surface area (Å²) in [6, 6.07) is 4.92. The molecule has 0 atom stereocenters. The van der Waals surface area contributed by atoms with Gasteiger partial charge in [-0.15, -0.1) is 0 Å². The Balaban J connectivity index is 2.97. The Labute approximate surface area is 125 Å². The van der Waals surface area contributed by atoms with Crippen molar-refractivity contribution in [1.29, 1.82) is 0 Å². The molecule has 0 saturated carbocycles. The highest BCUT2D eigenvalue weighted by atomic mass is 16.6. The van der Waals surface area contributed by atoms with Gasteiger partial charge in [0.1, 0.15) is 0 Å². The normalized spacial score (nSPS) is 10.9. The Morgan fingerprint density at radius 3 is 2.62 bits per heavy atom. The molecule has 6 heteroatoms. The van der Waals surface area contributed by atoms with E-state index in [9.17, 15) is 10.1 Å². The van der Waals surface area contributed by atoms with Crippen molar-refractivity contribution in [3.05, 3.63) is 33.9 Å². The minimum atomic E-state index is -0.372. The summed E-state index contributed by atoms with van der Waals surface area (Å²) < 4.78 is 0. The van der Waals surface area contributed by atoms with E-state index in [1.165, 1.54) is 6.07 Å². The van der Waals surface area contributed by atoms with E-state index >= 15 is 0 Å². The van der Waals surface area contributed by atoms with Crippen molar-refractivity contribution in [3.8, 4) is 0 Å².